The fourth-order valence-electron chi connectivity index (χ4n) is 1.65. The van der Waals surface area contributed by atoms with Gasteiger partial charge in [-0.1, -0.05) is 18.2 Å². The SMILES string of the molecule is CN(c1ccc(-c2ccccc2N)nc1)S(C)(=O)=O. The summed E-state index contributed by atoms with van der Waals surface area (Å²) in [5.74, 6) is 0. The summed E-state index contributed by atoms with van der Waals surface area (Å²) >= 11 is 0. The maximum atomic E-state index is 11.4. The number of rotatable bonds is 3. The number of benzene rings is 1. The van der Waals surface area contributed by atoms with Gasteiger partial charge in [-0.3, -0.25) is 9.29 Å². The Morgan fingerprint density at radius 2 is 1.84 bits per heavy atom. The van der Waals surface area contributed by atoms with E-state index in [1.54, 1.807) is 18.2 Å². The molecule has 100 valence electrons. The van der Waals surface area contributed by atoms with Crippen molar-refractivity contribution in [1.82, 2.24) is 4.98 Å². The van der Waals surface area contributed by atoms with Crippen molar-refractivity contribution in [2.75, 3.05) is 23.3 Å². The summed E-state index contributed by atoms with van der Waals surface area (Å²) in [6, 6.07) is 10.9. The molecular formula is C13H15N3O2S. The minimum absolute atomic E-state index is 0.515. The smallest absolute Gasteiger partial charge is 0.232 e. The van der Waals surface area contributed by atoms with E-state index in [9.17, 15) is 8.42 Å². The quantitative estimate of drug-likeness (QED) is 0.867. The van der Waals surface area contributed by atoms with Crippen molar-refractivity contribution in [1.29, 1.82) is 0 Å². The lowest BCUT2D eigenvalue weighted by molar-refractivity contribution is 0.600. The molecule has 5 nitrogen and oxygen atoms in total. The van der Waals surface area contributed by atoms with Crippen LogP contribution in [0.5, 0.6) is 0 Å². The Morgan fingerprint density at radius 3 is 2.37 bits per heavy atom. The summed E-state index contributed by atoms with van der Waals surface area (Å²) in [6.45, 7) is 0. The van der Waals surface area contributed by atoms with Crippen LogP contribution in [0.3, 0.4) is 0 Å². The normalized spacial score (nSPS) is 11.3. The van der Waals surface area contributed by atoms with Crippen LogP contribution in [0.4, 0.5) is 11.4 Å². The molecule has 0 aliphatic rings. The third kappa shape index (κ3) is 2.85. The van der Waals surface area contributed by atoms with Crippen LogP contribution < -0.4 is 10.0 Å². The van der Waals surface area contributed by atoms with Gasteiger partial charge in [-0.15, -0.1) is 0 Å². The largest absolute Gasteiger partial charge is 0.398 e. The van der Waals surface area contributed by atoms with E-state index in [0.717, 1.165) is 11.8 Å². The van der Waals surface area contributed by atoms with Gasteiger partial charge < -0.3 is 5.73 Å². The highest BCUT2D eigenvalue weighted by molar-refractivity contribution is 7.92. The average Bonchev–Trinajstić information content (AvgIpc) is 2.38. The molecule has 0 aliphatic heterocycles. The van der Waals surface area contributed by atoms with Gasteiger partial charge in [0.2, 0.25) is 10.0 Å². The summed E-state index contributed by atoms with van der Waals surface area (Å²) < 4.78 is 24.0. The van der Waals surface area contributed by atoms with E-state index in [1.165, 1.54) is 17.5 Å². The topological polar surface area (TPSA) is 76.3 Å². The van der Waals surface area contributed by atoms with Crippen molar-refractivity contribution in [3.63, 3.8) is 0 Å². The number of nitrogens with zero attached hydrogens (tertiary/aromatic N) is 2. The molecule has 0 atom stereocenters. The number of nitrogens with two attached hydrogens (primary N) is 1. The Morgan fingerprint density at radius 1 is 1.16 bits per heavy atom. The average molecular weight is 277 g/mol. The second kappa shape index (κ2) is 4.89. The zero-order valence-corrected chi connectivity index (χ0v) is 11.6. The van der Waals surface area contributed by atoms with Crippen molar-refractivity contribution >= 4 is 21.4 Å². The molecule has 2 aromatic rings. The third-order valence-corrected chi connectivity index (χ3v) is 4.05. The fraction of sp³-hybridized carbons (Fsp3) is 0.154. The first kappa shape index (κ1) is 13.4. The molecule has 0 saturated carbocycles. The molecule has 1 aromatic carbocycles. The van der Waals surface area contributed by atoms with Crippen molar-refractivity contribution < 1.29 is 8.42 Å². The number of sulfonamides is 1. The molecule has 1 heterocycles. The van der Waals surface area contributed by atoms with Gasteiger partial charge in [0.1, 0.15) is 0 Å². The Balaban J connectivity index is 2.37. The maximum Gasteiger partial charge on any atom is 0.232 e. The predicted octanol–water partition coefficient (Wildman–Crippen LogP) is 1.73. The van der Waals surface area contributed by atoms with E-state index in [1.807, 2.05) is 18.2 Å². The first-order valence-electron chi connectivity index (χ1n) is 5.64. The van der Waals surface area contributed by atoms with Gasteiger partial charge in [-0.2, -0.15) is 0 Å². The van der Waals surface area contributed by atoms with E-state index >= 15 is 0 Å². The van der Waals surface area contributed by atoms with E-state index in [-0.39, 0.29) is 0 Å². The molecule has 0 aliphatic carbocycles. The van der Waals surface area contributed by atoms with E-state index < -0.39 is 10.0 Å². The number of para-hydroxylation sites is 1. The van der Waals surface area contributed by atoms with Gasteiger partial charge in [0.05, 0.1) is 23.8 Å². The van der Waals surface area contributed by atoms with Crippen LogP contribution in [-0.2, 0) is 10.0 Å². The fourth-order valence-corrected chi connectivity index (χ4v) is 2.14. The van der Waals surface area contributed by atoms with Crippen LogP contribution in [0.15, 0.2) is 42.6 Å². The molecule has 2 rings (SSSR count). The minimum atomic E-state index is -3.27. The number of hydrogen-bond donors (Lipinski definition) is 1. The molecule has 0 amide bonds. The van der Waals surface area contributed by atoms with Crippen LogP contribution in [0, 0.1) is 0 Å². The summed E-state index contributed by atoms with van der Waals surface area (Å²) in [4.78, 5) is 4.26. The van der Waals surface area contributed by atoms with Gasteiger partial charge in [-0.25, -0.2) is 8.42 Å². The van der Waals surface area contributed by atoms with Crippen molar-refractivity contribution in [2.24, 2.45) is 0 Å². The molecule has 0 fully saturated rings. The molecule has 1 aromatic heterocycles. The second-order valence-corrected chi connectivity index (χ2v) is 6.23. The number of nitrogen functional groups attached to an aromatic ring is 1. The molecule has 6 heteroatoms. The zero-order valence-electron chi connectivity index (χ0n) is 10.7. The molecular weight excluding hydrogens is 262 g/mol. The monoisotopic (exact) mass is 277 g/mol. The lowest BCUT2D eigenvalue weighted by atomic mass is 10.1. The van der Waals surface area contributed by atoms with Gasteiger partial charge in [0, 0.05) is 18.3 Å². The molecule has 2 N–H and O–H groups in total. The Kier molecular flexibility index (Phi) is 3.44. The van der Waals surface area contributed by atoms with Crippen molar-refractivity contribution in [3.05, 3.63) is 42.6 Å². The summed E-state index contributed by atoms with van der Waals surface area (Å²) in [5, 5.41) is 0. The molecule has 19 heavy (non-hydrogen) atoms. The highest BCUT2D eigenvalue weighted by Gasteiger charge is 2.12. The lowest BCUT2D eigenvalue weighted by Crippen LogP contribution is -2.24. The number of hydrogen-bond acceptors (Lipinski definition) is 4. The third-order valence-electron chi connectivity index (χ3n) is 2.85. The van der Waals surface area contributed by atoms with E-state index in [2.05, 4.69) is 4.98 Å². The lowest BCUT2D eigenvalue weighted by Gasteiger charge is -2.16. The highest BCUT2D eigenvalue weighted by atomic mass is 32.2. The molecule has 0 bridgehead atoms. The number of anilines is 2. The van der Waals surface area contributed by atoms with Crippen LogP contribution in [0.25, 0.3) is 11.3 Å². The van der Waals surface area contributed by atoms with E-state index in [4.69, 9.17) is 5.73 Å². The highest BCUT2D eigenvalue weighted by Crippen LogP contribution is 2.25. The molecule has 0 unspecified atom stereocenters. The number of pyridine rings is 1. The second-order valence-electron chi connectivity index (χ2n) is 4.22. The Bertz CT molecular complexity index is 681. The maximum absolute atomic E-state index is 11.4. The predicted molar refractivity (Wildman–Crippen MR) is 77.3 cm³/mol. The van der Waals surface area contributed by atoms with Gasteiger partial charge in [0.15, 0.2) is 0 Å². The van der Waals surface area contributed by atoms with Crippen molar-refractivity contribution in [3.8, 4) is 11.3 Å². The van der Waals surface area contributed by atoms with Crippen LogP contribution in [-0.4, -0.2) is 26.7 Å². The zero-order chi connectivity index (χ0) is 14.0. The van der Waals surface area contributed by atoms with Crippen LogP contribution >= 0.6 is 0 Å². The first-order chi connectivity index (χ1) is 8.89. The van der Waals surface area contributed by atoms with E-state index in [0.29, 0.717) is 17.1 Å². The van der Waals surface area contributed by atoms with Gasteiger partial charge in [-0.05, 0) is 18.2 Å². The van der Waals surface area contributed by atoms with Crippen LogP contribution in [0.2, 0.25) is 0 Å². The van der Waals surface area contributed by atoms with Crippen molar-refractivity contribution in [2.45, 2.75) is 0 Å². The molecule has 0 radical (unpaired) electrons. The number of aromatic nitrogens is 1. The Hall–Kier alpha value is -2.08. The summed E-state index contributed by atoms with van der Waals surface area (Å²) in [5.41, 5.74) is 8.57. The Labute approximate surface area is 112 Å². The molecule has 0 saturated heterocycles. The van der Waals surface area contributed by atoms with Gasteiger partial charge in [0.25, 0.3) is 0 Å². The van der Waals surface area contributed by atoms with Gasteiger partial charge >= 0.3 is 0 Å². The van der Waals surface area contributed by atoms with Crippen LogP contribution in [0.1, 0.15) is 0 Å². The molecule has 0 spiro atoms. The first-order valence-corrected chi connectivity index (χ1v) is 7.49. The standard InChI is InChI=1S/C13H15N3O2S/c1-16(19(2,17)18)10-7-8-13(15-9-10)11-5-3-4-6-12(11)14/h3-9H,14H2,1-2H3. The summed E-state index contributed by atoms with van der Waals surface area (Å²) in [6.07, 6.45) is 2.67. The summed E-state index contributed by atoms with van der Waals surface area (Å²) in [7, 11) is -1.78. The minimum Gasteiger partial charge on any atom is -0.398 e.